The summed E-state index contributed by atoms with van der Waals surface area (Å²) in [5.41, 5.74) is 0. The topological polar surface area (TPSA) is 29.5 Å². The van der Waals surface area contributed by atoms with Crippen LogP contribution in [0.3, 0.4) is 0 Å². The van der Waals surface area contributed by atoms with Crippen LogP contribution in [0.25, 0.3) is 0 Å². The zero-order valence-corrected chi connectivity index (χ0v) is 10.5. The molecule has 0 aliphatic heterocycles. The second kappa shape index (κ2) is 7.98. The van der Waals surface area contributed by atoms with Gasteiger partial charge in [-0.1, -0.05) is 15.9 Å². The number of amides is 1. The Hall–Kier alpha value is -0.230. The lowest BCUT2D eigenvalue weighted by Gasteiger charge is -2.23. The van der Waals surface area contributed by atoms with Crippen LogP contribution in [0.15, 0.2) is 0 Å². The van der Waals surface area contributed by atoms with E-state index in [0.29, 0.717) is 5.33 Å². The fourth-order valence-corrected chi connectivity index (χ4v) is 1.29. The van der Waals surface area contributed by atoms with E-state index in [1.54, 1.807) is 11.9 Å². The van der Waals surface area contributed by atoms with Crippen molar-refractivity contribution in [2.75, 3.05) is 25.6 Å². The maximum absolute atomic E-state index is 11.7. The molecular weight excluding hydrogens is 272 g/mol. The normalized spacial score (nSPS) is 12.9. The summed E-state index contributed by atoms with van der Waals surface area (Å²) in [5.74, 6) is -0.101. The summed E-state index contributed by atoms with van der Waals surface area (Å²) in [6.07, 6.45) is -2.33. The number of carbonyl (C=O) groups excluding carboxylic acids is 1. The van der Waals surface area contributed by atoms with E-state index in [2.05, 4.69) is 20.7 Å². The highest BCUT2D eigenvalue weighted by molar-refractivity contribution is 9.09. The van der Waals surface area contributed by atoms with Gasteiger partial charge in [-0.25, -0.2) is 8.78 Å². The van der Waals surface area contributed by atoms with Crippen LogP contribution in [0.5, 0.6) is 0 Å². The van der Waals surface area contributed by atoms with Gasteiger partial charge in [0.25, 0.3) is 6.43 Å². The number of alkyl halides is 3. The molecule has 1 unspecified atom stereocenters. The second-order valence-corrected chi connectivity index (χ2v) is 3.87. The number of carbonyl (C=O) groups is 1. The van der Waals surface area contributed by atoms with Crippen molar-refractivity contribution >= 4 is 21.8 Å². The third-order valence-corrected chi connectivity index (χ3v) is 2.92. The molecule has 1 amide bonds. The van der Waals surface area contributed by atoms with Crippen LogP contribution in [0.4, 0.5) is 8.78 Å². The monoisotopic (exact) mass is 287 g/mol. The molecule has 0 aliphatic rings. The van der Waals surface area contributed by atoms with E-state index in [1.807, 2.05) is 6.92 Å². The first-order valence-electron chi connectivity index (χ1n) is 4.66. The molecule has 0 aliphatic carbocycles. The number of rotatable bonds is 7. The van der Waals surface area contributed by atoms with Crippen LogP contribution in [-0.4, -0.2) is 48.9 Å². The van der Waals surface area contributed by atoms with Gasteiger partial charge < -0.3 is 9.64 Å². The lowest BCUT2D eigenvalue weighted by atomic mass is 10.3. The largest absolute Gasteiger partial charge is 0.375 e. The Balaban J connectivity index is 3.65. The Morgan fingerprint density at radius 2 is 2.13 bits per heavy atom. The predicted octanol–water partition coefficient (Wildman–Crippen LogP) is 1.90. The third-order valence-electron chi connectivity index (χ3n) is 1.98. The SMILES string of the molecule is CC(CBr)N(C)C(=O)CCOCC(F)F. The lowest BCUT2D eigenvalue weighted by Crippen LogP contribution is -2.36. The molecule has 0 aromatic carbocycles. The number of ether oxygens (including phenoxy) is 1. The summed E-state index contributed by atoms with van der Waals surface area (Å²) in [4.78, 5) is 13.0. The molecule has 0 radical (unpaired) electrons. The fraction of sp³-hybridized carbons (Fsp3) is 0.889. The van der Waals surface area contributed by atoms with Crippen molar-refractivity contribution in [2.24, 2.45) is 0 Å². The number of nitrogens with zero attached hydrogens (tertiary/aromatic N) is 1. The lowest BCUT2D eigenvalue weighted by molar-refractivity contribution is -0.132. The summed E-state index contributed by atoms with van der Waals surface area (Å²) >= 11 is 3.26. The van der Waals surface area contributed by atoms with Crippen molar-refractivity contribution in [2.45, 2.75) is 25.8 Å². The maximum Gasteiger partial charge on any atom is 0.261 e. The van der Waals surface area contributed by atoms with Gasteiger partial charge in [-0.05, 0) is 6.92 Å². The predicted molar refractivity (Wildman–Crippen MR) is 57.5 cm³/mol. The highest BCUT2D eigenvalue weighted by Gasteiger charge is 2.14. The molecule has 0 aromatic rings. The van der Waals surface area contributed by atoms with Crippen molar-refractivity contribution in [3.8, 4) is 0 Å². The average molecular weight is 288 g/mol. The molecule has 6 heteroatoms. The summed E-state index contributed by atoms with van der Waals surface area (Å²) in [7, 11) is 1.68. The molecule has 0 heterocycles. The minimum absolute atomic E-state index is 0.0442. The van der Waals surface area contributed by atoms with Crippen LogP contribution in [0, 0.1) is 0 Å². The summed E-state index contributed by atoms with van der Waals surface area (Å²) in [6.45, 7) is 1.33. The first kappa shape index (κ1) is 14.8. The molecule has 3 nitrogen and oxygen atoms in total. The van der Waals surface area contributed by atoms with Crippen molar-refractivity contribution < 1.29 is 18.3 Å². The summed E-state index contributed by atoms with van der Waals surface area (Å²) in [6, 6.07) is 0.0904. The molecule has 90 valence electrons. The highest BCUT2D eigenvalue weighted by atomic mass is 79.9. The van der Waals surface area contributed by atoms with Crippen LogP contribution in [0.1, 0.15) is 13.3 Å². The van der Waals surface area contributed by atoms with E-state index in [-0.39, 0.29) is 25.0 Å². The van der Waals surface area contributed by atoms with Gasteiger partial charge in [-0.3, -0.25) is 4.79 Å². The molecule has 1 atom stereocenters. The van der Waals surface area contributed by atoms with Crippen LogP contribution >= 0.6 is 15.9 Å². The Bertz CT molecular complexity index is 193. The van der Waals surface area contributed by atoms with E-state index in [9.17, 15) is 13.6 Å². The minimum Gasteiger partial charge on any atom is -0.375 e. The molecule has 0 rings (SSSR count). The molecule has 0 bridgehead atoms. The summed E-state index contributed by atoms with van der Waals surface area (Å²) in [5, 5.41) is 0.688. The van der Waals surface area contributed by atoms with Gasteiger partial charge in [0.05, 0.1) is 13.0 Å². The Morgan fingerprint density at radius 3 is 2.60 bits per heavy atom. The van der Waals surface area contributed by atoms with Gasteiger partial charge in [-0.2, -0.15) is 0 Å². The molecule has 0 N–H and O–H groups in total. The van der Waals surface area contributed by atoms with Gasteiger partial charge in [0.2, 0.25) is 5.91 Å². The quantitative estimate of drug-likeness (QED) is 0.529. The zero-order valence-electron chi connectivity index (χ0n) is 8.88. The van der Waals surface area contributed by atoms with Crippen molar-refractivity contribution in [1.82, 2.24) is 4.90 Å². The van der Waals surface area contributed by atoms with Gasteiger partial charge >= 0.3 is 0 Å². The average Bonchev–Trinajstić information content (AvgIpc) is 2.21. The molecule has 0 fully saturated rings. The number of hydrogen-bond donors (Lipinski definition) is 0. The highest BCUT2D eigenvalue weighted by Crippen LogP contribution is 2.02. The van der Waals surface area contributed by atoms with E-state index in [4.69, 9.17) is 0 Å². The molecular formula is C9H16BrF2NO2. The fourth-order valence-electron chi connectivity index (χ4n) is 0.858. The molecule has 15 heavy (non-hydrogen) atoms. The Labute approximate surface area is 96.9 Å². The van der Waals surface area contributed by atoms with Crippen molar-refractivity contribution in [1.29, 1.82) is 0 Å². The minimum atomic E-state index is -2.47. The van der Waals surface area contributed by atoms with Gasteiger partial charge in [-0.15, -0.1) is 0 Å². The maximum atomic E-state index is 11.7. The second-order valence-electron chi connectivity index (χ2n) is 3.22. The first-order chi connectivity index (χ1) is 6.99. The van der Waals surface area contributed by atoms with Crippen molar-refractivity contribution in [3.05, 3.63) is 0 Å². The molecule has 0 saturated carbocycles. The Kier molecular flexibility index (Phi) is 7.86. The van der Waals surface area contributed by atoms with Crippen molar-refractivity contribution in [3.63, 3.8) is 0 Å². The third kappa shape index (κ3) is 6.78. The van der Waals surface area contributed by atoms with Gasteiger partial charge in [0.1, 0.15) is 6.61 Å². The molecule has 0 saturated heterocycles. The van der Waals surface area contributed by atoms with E-state index < -0.39 is 13.0 Å². The van der Waals surface area contributed by atoms with E-state index in [0.717, 1.165) is 0 Å². The van der Waals surface area contributed by atoms with Crippen LogP contribution in [0.2, 0.25) is 0 Å². The number of halogens is 3. The van der Waals surface area contributed by atoms with E-state index >= 15 is 0 Å². The van der Waals surface area contributed by atoms with E-state index in [1.165, 1.54) is 0 Å². The smallest absolute Gasteiger partial charge is 0.261 e. The molecule has 0 spiro atoms. The van der Waals surface area contributed by atoms with Gasteiger partial charge in [0.15, 0.2) is 0 Å². The zero-order chi connectivity index (χ0) is 11.8. The summed E-state index contributed by atoms with van der Waals surface area (Å²) < 4.78 is 28.0. The number of hydrogen-bond acceptors (Lipinski definition) is 2. The Morgan fingerprint density at radius 1 is 1.53 bits per heavy atom. The van der Waals surface area contributed by atoms with Gasteiger partial charge in [0, 0.05) is 18.4 Å². The molecule has 0 aromatic heterocycles. The first-order valence-corrected chi connectivity index (χ1v) is 5.78. The van der Waals surface area contributed by atoms with Crippen LogP contribution < -0.4 is 0 Å². The standard InChI is InChI=1S/C9H16BrF2NO2/c1-7(5-10)13(2)9(14)3-4-15-6-8(11)12/h7-8H,3-6H2,1-2H3. The van der Waals surface area contributed by atoms with Crippen LogP contribution in [-0.2, 0) is 9.53 Å².